The Balaban J connectivity index is 1.47. The van der Waals surface area contributed by atoms with Gasteiger partial charge in [0.25, 0.3) is 5.91 Å². The molecule has 0 unspecified atom stereocenters. The molecule has 2 aliphatic heterocycles. The molecular formula is C21H24N2O6S. The summed E-state index contributed by atoms with van der Waals surface area (Å²) in [7, 11) is -2.31. The van der Waals surface area contributed by atoms with Crippen molar-refractivity contribution in [1.82, 2.24) is 9.62 Å². The fourth-order valence-electron chi connectivity index (χ4n) is 3.56. The Labute approximate surface area is 175 Å². The second kappa shape index (κ2) is 8.53. The van der Waals surface area contributed by atoms with E-state index in [0.717, 1.165) is 12.8 Å². The van der Waals surface area contributed by atoms with E-state index in [1.807, 2.05) is 24.3 Å². The molecule has 2 aromatic carbocycles. The maximum Gasteiger partial charge on any atom is 0.251 e. The van der Waals surface area contributed by atoms with Crippen LogP contribution in [0, 0.1) is 0 Å². The van der Waals surface area contributed by atoms with Crippen LogP contribution < -0.4 is 19.5 Å². The van der Waals surface area contributed by atoms with E-state index in [9.17, 15) is 13.2 Å². The highest BCUT2D eigenvalue weighted by atomic mass is 32.2. The summed E-state index contributed by atoms with van der Waals surface area (Å²) < 4.78 is 44.1. The first kappa shape index (κ1) is 20.5. The number of hydrogen-bond donors (Lipinski definition) is 1. The van der Waals surface area contributed by atoms with E-state index in [0.29, 0.717) is 31.2 Å². The summed E-state index contributed by atoms with van der Waals surface area (Å²) in [6, 6.07) is 11.8. The van der Waals surface area contributed by atoms with Crippen molar-refractivity contribution in [1.29, 1.82) is 0 Å². The molecule has 9 heteroatoms. The number of sulfonamides is 1. The van der Waals surface area contributed by atoms with E-state index < -0.39 is 15.9 Å². The summed E-state index contributed by atoms with van der Waals surface area (Å²) in [5, 5.41) is 2.79. The monoisotopic (exact) mass is 432 g/mol. The van der Waals surface area contributed by atoms with Gasteiger partial charge in [-0.05, 0) is 43.2 Å². The Morgan fingerprint density at radius 2 is 1.90 bits per heavy atom. The Kier molecular flexibility index (Phi) is 5.83. The lowest BCUT2D eigenvalue weighted by Gasteiger charge is -2.26. The zero-order chi connectivity index (χ0) is 21.1. The molecule has 0 spiro atoms. The lowest BCUT2D eigenvalue weighted by atomic mass is 10.2. The van der Waals surface area contributed by atoms with Crippen molar-refractivity contribution in [3.63, 3.8) is 0 Å². The molecule has 2 heterocycles. The van der Waals surface area contributed by atoms with E-state index >= 15 is 0 Å². The molecule has 0 radical (unpaired) electrons. The predicted octanol–water partition coefficient (Wildman–Crippen LogP) is 2.05. The first-order chi connectivity index (χ1) is 14.5. The van der Waals surface area contributed by atoms with Gasteiger partial charge in [-0.25, -0.2) is 8.42 Å². The number of methoxy groups -OCH3 is 1. The van der Waals surface area contributed by atoms with Crippen LogP contribution in [0.25, 0.3) is 0 Å². The van der Waals surface area contributed by atoms with E-state index in [4.69, 9.17) is 14.2 Å². The molecule has 1 N–H and O–H groups in total. The number of ether oxygens (including phenoxy) is 3. The van der Waals surface area contributed by atoms with Gasteiger partial charge >= 0.3 is 0 Å². The number of nitrogens with zero attached hydrogens (tertiary/aromatic N) is 1. The third kappa shape index (κ3) is 4.08. The fraction of sp³-hybridized carbons (Fsp3) is 0.381. The standard InChI is InChI=1S/C21H24N2O6S/c1-27-19-9-8-15(12-20(19)30(25,26)23-10-4-5-11-23)21(24)22-13-16-14-28-17-6-2-3-7-18(17)29-16/h2-3,6-9,12,16H,4-5,10-11,13-14H2,1H3,(H,22,24)/t16-/m1/s1. The van der Waals surface area contributed by atoms with Gasteiger partial charge in [0.15, 0.2) is 11.5 Å². The summed E-state index contributed by atoms with van der Waals surface area (Å²) in [6.45, 7) is 1.49. The Bertz CT molecular complexity index is 1030. The van der Waals surface area contributed by atoms with Crippen molar-refractivity contribution in [3.8, 4) is 17.2 Å². The van der Waals surface area contributed by atoms with Gasteiger partial charge < -0.3 is 19.5 Å². The molecule has 0 aromatic heterocycles. The molecule has 1 fully saturated rings. The average molecular weight is 432 g/mol. The molecule has 1 amide bonds. The van der Waals surface area contributed by atoms with Crippen LogP contribution >= 0.6 is 0 Å². The number of carbonyl (C=O) groups is 1. The van der Waals surface area contributed by atoms with Gasteiger partial charge in [0.2, 0.25) is 10.0 Å². The van der Waals surface area contributed by atoms with E-state index in [2.05, 4.69) is 5.32 Å². The van der Waals surface area contributed by atoms with Gasteiger partial charge in [-0.1, -0.05) is 12.1 Å². The Hall–Kier alpha value is -2.78. The molecule has 2 aliphatic rings. The van der Waals surface area contributed by atoms with Gasteiger partial charge in [0.1, 0.15) is 23.4 Å². The summed E-state index contributed by atoms with van der Waals surface area (Å²) in [5.74, 6) is 1.13. The average Bonchev–Trinajstić information content (AvgIpc) is 3.33. The van der Waals surface area contributed by atoms with Crippen molar-refractivity contribution in [2.45, 2.75) is 23.8 Å². The maximum atomic E-state index is 13.0. The normalized spacial score (nSPS) is 18.8. The minimum Gasteiger partial charge on any atom is -0.495 e. The molecule has 4 rings (SSSR count). The highest BCUT2D eigenvalue weighted by Crippen LogP contribution is 2.31. The number of nitrogens with one attached hydrogen (secondary N) is 1. The summed E-state index contributed by atoms with van der Waals surface area (Å²) in [6.07, 6.45) is 1.32. The van der Waals surface area contributed by atoms with Crippen LogP contribution in [0.1, 0.15) is 23.2 Å². The Morgan fingerprint density at radius 3 is 2.63 bits per heavy atom. The lowest BCUT2D eigenvalue weighted by molar-refractivity contribution is 0.0789. The van der Waals surface area contributed by atoms with Gasteiger partial charge in [-0.2, -0.15) is 4.31 Å². The van der Waals surface area contributed by atoms with Gasteiger partial charge in [0, 0.05) is 18.7 Å². The second-order valence-corrected chi connectivity index (χ2v) is 9.09. The van der Waals surface area contributed by atoms with Crippen molar-refractivity contribution in [2.24, 2.45) is 0 Å². The third-order valence-electron chi connectivity index (χ3n) is 5.17. The zero-order valence-electron chi connectivity index (χ0n) is 16.7. The minimum atomic E-state index is -3.72. The summed E-state index contributed by atoms with van der Waals surface area (Å²) >= 11 is 0. The fourth-order valence-corrected chi connectivity index (χ4v) is 5.26. The molecule has 1 saturated heterocycles. The van der Waals surface area contributed by atoms with Crippen LogP contribution in [0.3, 0.4) is 0 Å². The molecule has 1 atom stereocenters. The number of carbonyl (C=O) groups excluding carboxylic acids is 1. The van der Waals surface area contributed by atoms with Gasteiger partial charge in [-0.15, -0.1) is 0 Å². The van der Waals surface area contributed by atoms with E-state index in [-0.39, 0.29) is 28.9 Å². The van der Waals surface area contributed by atoms with Crippen LogP contribution in [0.15, 0.2) is 47.4 Å². The molecule has 2 aromatic rings. The van der Waals surface area contributed by atoms with E-state index in [1.54, 1.807) is 6.07 Å². The SMILES string of the molecule is COc1ccc(C(=O)NC[C@@H]2COc3ccccc3O2)cc1S(=O)(=O)N1CCCC1. The number of hydrogen-bond acceptors (Lipinski definition) is 6. The van der Waals surface area contributed by atoms with Crippen LogP contribution in [-0.2, 0) is 10.0 Å². The highest BCUT2D eigenvalue weighted by molar-refractivity contribution is 7.89. The molecule has 0 saturated carbocycles. The number of amides is 1. The highest BCUT2D eigenvalue weighted by Gasteiger charge is 2.31. The first-order valence-electron chi connectivity index (χ1n) is 9.84. The molecular weight excluding hydrogens is 408 g/mol. The third-order valence-corrected chi connectivity index (χ3v) is 7.09. The smallest absolute Gasteiger partial charge is 0.251 e. The van der Waals surface area contributed by atoms with Crippen molar-refractivity contribution >= 4 is 15.9 Å². The van der Waals surface area contributed by atoms with Crippen LogP contribution in [0.2, 0.25) is 0 Å². The van der Waals surface area contributed by atoms with Gasteiger partial charge in [0.05, 0.1) is 13.7 Å². The number of fused-ring (bicyclic) bond motifs is 1. The van der Waals surface area contributed by atoms with Crippen LogP contribution in [-0.4, -0.2) is 58.1 Å². The number of para-hydroxylation sites is 2. The number of benzene rings is 2. The zero-order valence-corrected chi connectivity index (χ0v) is 17.5. The molecule has 8 nitrogen and oxygen atoms in total. The van der Waals surface area contributed by atoms with Crippen LogP contribution in [0.5, 0.6) is 17.2 Å². The molecule has 0 aliphatic carbocycles. The predicted molar refractivity (Wildman–Crippen MR) is 110 cm³/mol. The maximum absolute atomic E-state index is 13.0. The van der Waals surface area contributed by atoms with Crippen molar-refractivity contribution in [2.75, 3.05) is 33.4 Å². The lowest BCUT2D eigenvalue weighted by Crippen LogP contribution is -2.40. The summed E-state index contributed by atoms with van der Waals surface area (Å²) in [5.41, 5.74) is 0.241. The van der Waals surface area contributed by atoms with E-state index in [1.165, 1.54) is 23.5 Å². The number of rotatable bonds is 6. The molecule has 0 bridgehead atoms. The minimum absolute atomic E-state index is 0.00530. The Morgan fingerprint density at radius 1 is 1.17 bits per heavy atom. The largest absolute Gasteiger partial charge is 0.495 e. The topological polar surface area (TPSA) is 94.2 Å². The van der Waals surface area contributed by atoms with Gasteiger partial charge in [-0.3, -0.25) is 4.79 Å². The second-order valence-electron chi connectivity index (χ2n) is 7.18. The van der Waals surface area contributed by atoms with Crippen molar-refractivity contribution in [3.05, 3.63) is 48.0 Å². The molecule has 160 valence electrons. The van der Waals surface area contributed by atoms with Crippen LogP contribution in [0.4, 0.5) is 0 Å². The quantitative estimate of drug-likeness (QED) is 0.751. The molecule has 30 heavy (non-hydrogen) atoms. The van der Waals surface area contributed by atoms with Crippen molar-refractivity contribution < 1.29 is 27.4 Å². The summed E-state index contributed by atoms with van der Waals surface area (Å²) in [4.78, 5) is 12.7. The first-order valence-corrected chi connectivity index (χ1v) is 11.3.